The number of amides is 1. The van der Waals surface area contributed by atoms with E-state index in [4.69, 9.17) is 13.9 Å². The number of aryl methyl sites for hydroxylation is 2. The summed E-state index contributed by atoms with van der Waals surface area (Å²) in [5.74, 6) is 1.01. The maximum Gasteiger partial charge on any atom is 0.416 e. The number of ether oxygens (including phenoxy) is 2. The predicted molar refractivity (Wildman–Crippen MR) is 114 cm³/mol. The van der Waals surface area contributed by atoms with E-state index >= 15 is 0 Å². The SMILES string of the molecule is Cc1nc(CCOc2cccc(CN(CC(=O)O)C(=O)Oc3ccc(O)cc3)c2)c(C)o1. The molecule has 0 unspecified atom stereocenters. The van der Waals surface area contributed by atoms with Gasteiger partial charge in [-0.1, -0.05) is 12.1 Å². The van der Waals surface area contributed by atoms with Crippen LogP contribution in [0, 0.1) is 13.8 Å². The van der Waals surface area contributed by atoms with Gasteiger partial charge in [-0.2, -0.15) is 0 Å². The summed E-state index contributed by atoms with van der Waals surface area (Å²) in [5.41, 5.74) is 1.52. The number of phenolic OH excluding ortho intramolecular Hbond substituents is 1. The van der Waals surface area contributed by atoms with Crippen molar-refractivity contribution in [3.63, 3.8) is 0 Å². The van der Waals surface area contributed by atoms with E-state index in [1.54, 1.807) is 31.2 Å². The number of phenols is 1. The van der Waals surface area contributed by atoms with Crippen LogP contribution in [-0.2, 0) is 17.8 Å². The molecular weight excluding hydrogens is 416 g/mol. The Bertz CT molecular complexity index is 1080. The van der Waals surface area contributed by atoms with Crippen LogP contribution in [0.15, 0.2) is 52.9 Å². The molecule has 168 valence electrons. The van der Waals surface area contributed by atoms with E-state index in [0.29, 0.717) is 30.2 Å². The topological polar surface area (TPSA) is 122 Å². The number of carbonyl (C=O) groups excluding carboxylic acids is 1. The molecule has 9 nitrogen and oxygen atoms in total. The molecule has 1 heterocycles. The Labute approximate surface area is 184 Å². The van der Waals surface area contributed by atoms with Gasteiger partial charge in [-0.15, -0.1) is 0 Å². The molecule has 3 rings (SSSR count). The van der Waals surface area contributed by atoms with E-state index in [9.17, 15) is 19.8 Å². The summed E-state index contributed by atoms with van der Waals surface area (Å²) >= 11 is 0. The van der Waals surface area contributed by atoms with Gasteiger partial charge < -0.3 is 24.1 Å². The first-order valence-corrected chi connectivity index (χ1v) is 9.92. The number of aliphatic carboxylic acids is 1. The number of carboxylic acids is 1. The molecule has 0 radical (unpaired) electrons. The molecule has 0 aliphatic carbocycles. The predicted octanol–water partition coefficient (Wildman–Crippen LogP) is 3.70. The minimum absolute atomic E-state index is 0.0159. The van der Waals surface area contributed by atoms with Gasteiger partial charge >= 0.3 is 12.1 Å². The van der Waals surface area contributed by atoms with Crippen LogP contribution in [0.4, 0.5) is 4.79 Å². The summed E-state index contributed by atoms with van der Waals surface area (Å²) in [6.07, 6.45) is -0.237. The van der Waals surface area contributed by atoms with Crippen LogP contribution in [0.3, 0.4) is 0 Å². The normalized spacial score (nSPS) is 10.6. The Balaban J connectivity index is 1.62. The van der Waals surface area contributed by atoms with Gasteiger partial charge in [0, 0.05) is 19.9 Å². The highest BCUT2D eigenvalue weighted by molar-refractivity contribution is 5.78. The van der Waals surface area contributed by atoms with Gasteiger partial charge in [0.05, 0.1) is 12.3 Å². The van der Waals surface area contributed by atoms with Crippen LogP contribution in [0.2, 0.25) is 0 Å². The molecular formula is C23H24N2O7. The van der Waals surface area contributed by atoms with E-state index < -0.39 is 18.6 Å². The van der Waals surface area contributed by atoms with Crippen molar-refractivity contribution in [2.24, 2.45) is 0 Å². The molecule has 0 saturated carbocycles. The van der Waals surface area contributed by atoms with Crippen molar-refractivity contribution in [1.29, 1.82) is 0 Å². The quantitative estimate of drug-likeness (QED) is 0.516. The molecule has 1 aromatic heterocycles. The van der Waals surface area contributed by atoms with Gasteiger partial charge in [-0.3, -0.25) is 9.69 Å². The van der Waals surface area contributed by atoms with E-state index in [2.05, 4.69) is 4.98 Å². The largest absolute Gasteiger partial charge is 0.508 e. The summed E-state index contributed by atoms with van der Waals surface area (Å²) in [5, 5.41) is 18.5. The lowest BCUT2D eigenvalue weighted by atomic mass is 10.2. The molecule has 0 aliphatic heterocycles. The molecule has 0 saturated heterocycles. The van der Waals surface area contributed by atoms with Crippen LogP contribution < -0.4 is 9.47 Å². The third kappa shape index (κ3) is 6.49. The lowest BCUT2D eigenvalue weighted by Crippen LogP contribution is -2.37. The maximum absolute atomic E-state index is 12.5. The summed E-state index contributed by atoms with van der Waals surface area (Å²) in [4.78, 5) is 29.1. The minimum atomic E-state index is -1.17. The second-order valence-electron chi connectivity index (χ2n) is 7.09. The first-order valence-electron chi connectivity index (χ1n) is 9.92. The van der Waals surface area contributed by atoms with E-state index in [0.717, 1.165) is 16.4 Å². The van der Waals surface area contributed by atoms with Gasteiger partial charge in [-0.25, -0.2) is 9.78 Å². The first-order chi connectivity index (χ1) is 15.3. The highest BCUT2D eigenvalue weighted by Gasteiger charge is 2.20. The third-order valence-electron chi connectivity index (χ3n) is 4.51. The number of aromatic nitrogens is 1. The zero-order valence-corrected chi connectivity index (χ0v) is 17.8. The van der Waals surface area contributed by atoms with E-state index in [-0.39, 0.29) is 18.0 Å². The number of hydrogen-bond donors (Lipinski definition) is 2. The van der Waals surface area contributed by atoms with Crippen LogP contribution in [0.25, 0.3) is 0 Å². The van der Waals surface area contributed by atoms with Crippen molar-refractivity contribution < 1.29 is 33.7 Å². The van der Waals surface area contributed by atoms with Gasteiger partial charge in [-0.05, 0) is 48.9 Å². The smallest absolute Gasteiger partial charge is 0.416 e. The number of nitrogens with zero attached hydrogens (tertiary/aromatic N) is 2. The molecule has 0 atom stereocenters. The van der Waals surface area contributed by atoms with Gasteiger partial charge in [0.2, 0.25) is 0 Å². The highest BCUT2D eigenvalue weighted by atomic mass is 16.6. The summed E-state index contributed by atoms with van der Waals surface area (Å²) in [7, 11) is 0. The lowest BCUT2D eigenvalue weighted by Gasteiger charge is -2.20. The highest BCUT2D eigenvalue weighted by Crippen LogP contribution is 2.19. The van der Waals surface area contributed by atoms with Gasteiger partial charge in [0.1, 0.15) is 29.6 Å². The van der Waals surface area contributed by atoms with Crippen molar-refractivity contribution in [2.45, 2.75) is 26.8 Å². The molecule has 32 heavy (non-hydrogen) atoms. The van der Waals surface area contributed by atoms with Crippen LogP contribution in [0.5, 0.6) is 17.2 Å². The Morgan fingerprint density at radius 3 is 2.50 bits per heavy atom. The molecule has 9 heteroatoms. The van der Waals surface area contributed by atoms with Crippen LogP contribution in [0.1, 0.15) is 22.9 Å². The second-order valence-corrected chi connectivity index (χ2v) is 7.09. The average molecular weight is 440 g/mol. The minimum Gasteiger partial charge on any atom is -0.508 e. The Kier molecular flexibility index (Phi) is 7.33. The number of carbonyl (C=O) groups is 2. The Hall–Kier alpha value is -4.01. The van der Waals surface area contributed by atoms with E-state index in [1.165, 1.54) is 24.3 Å². The number of aromatic hydroxyl groups is 1. The fraction of sp³-hybridized carbons (Fsp3) is 0.261. The first kappa shape index (κ1) is 22.7. The lowest BCUT2D eigenvalue weighted by molar-refractivity contribution is -0.138. The molecule has 3 aromatic rings. The van der Waals surface area contributed by atoms with Gasteiger partial charge in [0.25, 0.3) is 0 Å². The van der Waals surface area contributed by atoms with Crippen molar-refractivity contribution >= 4 is 12.1 Å². The molecule has 0 aliphatic rings. The molecule has 0 bridgehead atoms. The zero-order chi connectivity index (χ0) is 23.1. The van der Waals surface area contributed by atoms with E-state index in [1.807, 2.05) is 6.92 Å². The number of rotatable bonds is 9. The molecule has 0 spiro atoms. The summed E-state index contributed by atoms with van der Waals surface area (Å²) in [6.45, 7) is 3.51. The second kappa shape index (κ2) is 10.3. The summed E-state index contributed by atoms with van der Waals surface area (Å²) < 4.78 is 16.4. The molecule has 1 amide bonds. The van der Waals surface area contributed by atoms with Crippen molar-refractivity contribution in [1.82, 2.24) is 9.88 Å². The monoisotopic (exact) mass is 440 g/mol. The number of benzene rings is 2. The molecule has 0 fully saturated rings. The standard InChI is InChI=1S/C23H24N2O7/c1-15-21(24-16(2)31-15)10-11-30-20-5-3-4-17(12-20)13-25(14-22(27)28)23(29)32-19-8-6-18(26)7-9-19/h3-9,12,26H,10-11,13-14H2,1-2H3,(H,27,28). The van der Waals surface area contributed by atoms with Gasteiger partial charge in [0.15, 0.2) is 5.89 Å². The average Bonchev–Trinajstić information content (AvgIpc) is 3.06. The third-order valence-corrected chi connectivity index (χ3v) is 4.51. The zero-order valence-electron chi connectivity index (χ0n) is 17.8. The van der Waals surface area contributed by atoms with Crippen molar-refractivity contribution in [3.05, 3.63) is 71.4 Å². The Morgan fingerprint density at radius 1 is 1.09 bits per heavy atom. The van der Waals surface area contributed by atoms with Crippen molar-refractivity contribution in [3.8, 4) is 17.2 Å². The summed E-state index contributed by atoms with van der Waals surface area (Å²) in [6, 6.07) is 12.6. The van der Waals surface area contributed by atoms with Crippen molar-refractivity contribution in [2.75, 3.05) is 13.2 Å². The molecule has 2 aromatic carbocycles. The van der Waals surface area contributed by atoms with Crippen LogP contribution >= 0.6 is 0 Å². The Morgan fingerprint density at radius 2 is 1.84 bits per heavy atom. The number of oxazole rings is 1. The number of hydrogen-bond acceptors (Lipinski definition) is 7. The fourth-order valence-electron chi connectivity index (χ4n) is 3.05. The fourth-order valence-corrected chi connectivity index (χ4v) is 3.05. The molecule has 2 N–H and O–H groups in total. The number of carboxylic acid groups (broad SMARTS) is 1. The van der Waals surface area contributed by atoms with Crippen LogP contribution in [-0.4, -0.2) is 45.3 Å². The maximum atomic E-state index is 12.5.